The molecule has 0 saturated carbocycles. The van der Waals surface area contributed by atoms with Crippen molar-refractivity contribution in [1.29, 1.82) is 0 Å². The standard InChI is InChI=1S/C18H17FN2O2/c1-12-7-9-13(10-8-12)17(22)21-16(18(23)20-2)11-14-5-3-4-6-15(14)19/h3-11H,1-2H3,(H,20,23)(H,21,22)/b16-11-. The van der Waals surface area contributed by atoms with Crippen LogP contribution in [0.2, 0.25) is 0 Å². The summed E-state index contributed by atoms with van der Waals surface area (Å²) in [6.07, 6.45) is 1.31. The van der Waals surface area contributed by atoms with Gasteiger partial charge >= 0.3 is 0 Å². The number of nitrogens with one attached hydrogen (secondary N) is 2. The van der Waals surface area contributed by atoms with Crippen LogP contribution >= 0.6 is 0 Å². The maximum absolute atomic E-state index is 13.7. The molecule has 2 amide bonds. The third-order valence-electron chi connectivity index (χ3n) is 3.24. The van der Waals surface area contributed by atoms with Crippen LogP contribution < -0.4 is 10.6 Å². The fourth-order valence-corrected chi connectivity index (χ4v) is 1.94. The van der Waals surface area contributed by atoms with Gasteiger partial charge in [0, 0.05) is 18.2 Å². The van der Waals surface area contributed by atoms with Crippen molar-refractivity contribution in [2.45, 2.75) is 6.92 Å². The molecule has 0 heterocycles. The van der Waals surface area contributed by atoms with Crippen LogP contribution in [0.15, 0.2) is 54.2 Å². The van der Waals surface area contributed by atoms with E-state index in [-0.39, 0.29) is 11.3 Å². The van der Waals surface area contributed by atoms with Crippen molar-refractivity contribution in [1.82, 2.24) is 10.6 Å². The van der Waals surface area contributed by atoms with Gasteiger partial charge in [-0.15, -0.1) is 0 Å². The van der Waals surface area contributed by atoms with E-state index in [1.807, 2.05) is 6.92 Å². The first-order valence-corrected chi connectivity index (χ1v) is 7.07. The Hall–Kier alpha value is -2.95. The second-order valence-electron chi connectivity index (χ2n) is 4.98. The summed E-state index contributed by atoms with van der Waals surface area (Å²) < 4.78 is 13.7. The molecule has 2 aromatic carbocycles. The molecular formula is C18H17FN2O2. The van der Waals surface area contributed by atoms with Crippen LogP contribution in [-0.4, -0.2) is 18.9 Å². The van der Waals surface area contributed by atoms with Crippen LogP contribution in [0, 0.1) is 12.7 Å². The fraction of sp³-hybridized carbons (Fsp3) is 0.111. The molecule has 118 valence electrons. The van der Waals surface area contributed by atoms with Crippen molar-refractivity contribution >= 4 is 17.9 Å². The van der Waals surface area contributed by atoms with E-state index in [2.05, 4.69) is 10.6 Å². The van der Waals surface area contributed by atoms with Gasteiger partial charge in [0.25, 0.3) is 11.8 Å². The topological polar surface area (TPSA) is 58.2 Å². The summed E-state index contributed by atoms with van der Waals surface area (Å²) in [6, 6.07) is 12.9. The number of rotatable bonds is 4. The minimum absolute atomic E-state index is 0.0248. The van der Waals surface area contributed by atoms with Gasteiger partial charge in [0.15, 0.2) is 0 Å². The lowest BCUT2D eigenvalue weighted by Gasteiger charge is -2.09. The number of likely N-dealkylation sites (N-methyl/N-ethyl adjacent to an activating group) is 1. The van der Waals surface area contributed by atoms with Crippen LogP contribution in [-0.2, 0) is 4.79 Å². The average Bonchev–Trinajstić information content (AvgIpc) is 2.56. The molecule has 0 unspecified atom stereocenters. The monoisotopic (exact) mass is 312 g/mol. The summed E-state index contributed by atoms with van der Waals surface area (Å²) in [7, 11) is 1.44. The van der Waals surface area contributed by atoms with Gasteiger partial charge in [-0.05, 0) is 31.2 Å². The van der Waals surface area contributed by atoms with Gasteiger partial charge in [-0.3, -0.25) is 9.59 Å². The van der Waals surface area contributed by atoms with Gasteiger partial charge < -0.3 is 10.6 Å². The summed E-state index contributed by atoms with van der Waals surface area (Å²) in [5, 5.41) is 4.95. The molecule has 0 aliphatic heterocycles. The summed E-state index contributed by atoms with van der Waals surface area (Å²) in [4.78, 5) is 24.2. The Morgan fingerprint density at radius 2 is 1.70 bits per heavy atom. The summed E-state index contributed by atoms with van der Waals surface area (Å²) in [5.41, 5.74) is 1.63. The SMILES string of the molecule is CNC(=O)/C(=C/c1ccccc1F)NC(=O)c1ccc(C)cc1. The maximum Gasteiger partial charge on any atom is 0.267 e. The highest BCUT2D eigenvalue weighted by atomic mass is 19.1. The van der Waals surface area contributed by atoms with Crippen LogP contribution in [0.4, 0.5) is 4.39 Å². The molecule has 0 bridgehead atoms. The fourth-order valence-electron chi connectivity index (χ4n) is 1.94. The molecule has 0 fully saturated rings. The molecule has 0 radical (unpaired) electrons. The van der Waals surface area contributed by atoms with Crippen molar-refractivity contribution in [3.05, 3.63) is 76.7 Å². The third-order valence-corrected chi connectivity index (χ3v) is 3.24. The molecule has 2 aromatic rings. The van der Waals surface area contributed by atoms with Crippen molar-refractivity contribution in [2.75, 3.05) is 7.05 Å². The molecule has 2 rings (SSSR count). The van der Waals surface area contributed by atoms with Crippen LogP contribution in [0.25, 0.3) is 6.08 Å². The lowest BCUT2D eigenvalue weighted by atomic mass is 10.1. The van der Waals surface area contributed by atoms with Crippen LogP contribution in [0.3, 0.4) is 0 Å². The van der Waals surface area contributed by atoms with E-state index in [9.17, 15) is 14.0 Å². The number of benzene rings is 2. The number of hydrogen-bond acceptors (Lipinski definition) is 2. The van der Waals surface area contributed by atoms with Crippen molar-refractivity contribution in [3.8, 4) is 0 Å². The van der Waals surface area contributed by atoms with Crippen LogP contribution in [0.1, 0.15) is 21.5 Å². The highest BCUT2D eigenvalue weighted by molar-refractivity contribution is 6.05. The van der Waals surface area contributed by atoms with Crippen molar-refractivity contribution < 1.29 is 14.0 Å². The van der Waals surface area contributed by atoms with Gasteiger partial charge in [0.1, 0.15) is 11.5 Å². The van der Waals surface area contributed by atoms with Gasteiger partial charge in [-0.2, -0.15) is 0 Å². The number of amides is 2. The minimum atomic E-state index is -0.506. The Balaban J connectivity index is 2.29. The Morgan fingerprint density at radius 1 is 1.04 bits per heavy atom. The largest absolute Gasteiger partial charge is 0.354 e. The number of carbonyl (C=O) groups is 2. The zero-order valence-corrected chi connectivity index (χ0v) is 12.9. The van der Waals surface area contributed by atoms with E-state index in [4.69, 9.17) is 0 Å². The van der Waals surface area contributed by atoms with E-state index in [0.717, 1.165) is 5.56 Å². The van der Waals surface area contributed by atoms with Gasteiger partial charge in [0.2, 0.25) is 0 Å². The van der Waals surface area contributed by atoms with E-state index >= 15 is 0 Å². The van der Waals surface area contributed by atoms with Gasteiger partial charge in [-0.1, -0.05) is 35.9 Å². The lowest BCUT2D eigenvalue weighted by molar-refractivity contribution is -0.117. The zero-order valence-electron chi connectivity index (χ0n) is 12.9. The minimum Gasteiger partial charge on any atom is -0.354 e. The molecule has 0 saturated heterocycles. The van der Waals surface area contributed by atoms with E-state index in [0.29, 0.717) is 5.56 Å². The molecule has 0 aromatic heterocycles. The third kappa shape index (κ3) is 4.26. The molecule has 5 heteroatoms. The molecule has 2 N–H and O–H groups in total. The molecule has 0 spiro atoms. The number of carbonyl (C=O) groups excluding carboxylic acids is 2. The molecule has 0 atom stereocenters. The smallest absolute Gasteiger partial charge is 0.267 e. The Labute approximate surface area is 134 Å². The molecule has 0 aliphatic rings. The maximum atomic E-state index is 13.7. The second kappa shape index (κ2) is 7.35. The first-order chi connectivity index (χ1) is 11.0. The average molecular weight is 312 g/mol. The quantitative estimate of drug-likeness (QED) is 0.853. The Morgan fingerprint density at radius 3 is 2.30 bits per heavy atom. The lowest BCUT2D eigenvalue weighted by Crippen LogP contribution is -2.33. The number of halogens is 1. The molecular weight excluding hydrogens is 295 g/mol. The van der Waals surface area contributed by atoms with E-state index in [1.54, 1.807) is 36.4 Å². The molecule has 23 heavy (non-hydrogen) atoms. The van der Waals surface area contributed by atoms with Crippen molar-refractivity contribution in [3.63, 3.8) is 0 Å². The zero-order chi connectivity index (χ0) is 16.8. The normalized spacial score (nSPS) is 11.0. The highest BCUT2D eigenvalue weighted by Gasteiger charge is 2.14. The molecule has 4 nitrogen and oxygen atoms in total. The predicted molar refractivity (Wildman–Crippen MR) is 87.1 cm³/mol. The number of aryl methyl sites for hydroxylation is 1. The second-order valence-corrected chi connectivity index (χ2v) is 4.98. The van der Waals surface area contributed by atoms with E-state index < -0.39 is 17.6 Å². The summed E-state index contributed by atoms with van der Waals surface area (Å²) in [5.74, 6) is -1.41. The molecule has 0 aliphatic carbocycles. The summed E-state index contributed by atoms with van der Waals surface area (Å²) >= 11 is 0. The highest BCUT2D eigenvalue weighted by Crippen LogP contribution is 2.11. The van der Waals surface area contributed by atoms with Crippen molar-refractivity contribution in [2.24, 2.45) is 0 Å². The first kappa shape index (κ1) is 16.4. The summed E-state index contributed by atoms with van der Waals surface area (Å²) in [6.45, 7) is 1.91. The first-order valence-electron chi connectivity index (χ1n) is 7.07. The van der Waals surface area contributed by atoms with Gasteiger partial charge in [0.05, 0.1) is 0 Å². The van der Waals surface area contributed by atoms with Gasteiger partial charge in [-0.25, -0.2) is 4.39 Å². The van der Waals surface area contributed by atoms with Crippen LogP contribution in [0.5, 0.6) is 0 Å². The Kier molecular flexibility index (Phi) is 5.25. The predicted octanol–water partition coefficient (Wildman–Crippen LogP) is 2.65. The number of hydrogen-bond donors (Lipinski definition) is 2. The Bertz CT molecular complexity index is 752. The van der Waals surface area contributed by atoms with E-state index in [1.165, 1.54) is 25.3 Å².